The van der Waals surface area contributed by atoms with Gasteiger partial charge in [-0.2, -0.15) is 0 Å². The van der Waals surface area contributed by atoms with E-state index in [9.17, 15) is 14.4 Å². The average Bonchev–Trinajstić information content (AvgIpc) is 2.88. The number of hydrogen-bond donors (Lipinski definition) is 2. The molecule has 2 N–H and O–H groups in total. The predicted octanol–water partition coefficient (Wildman–Crippen LogP) is 5.05. The van der Waals surface area contributed by atoms with Gasteiger partial charge in [-0.25, -0.2) is 9.78 Å². The van der Waals surface area contributed by atoms with Crippen LogP contribution in [0.2, 0.25) is 0 Å². The molecule has 0 bridgehead atoms. The van der Waals surface area contributed by atoms with Crippen LogP contribution in [0.15, 0.2) is 78.9 Å². The SMILES string of the molecule is COc1ccc(-c2cc(C(=O)OC(C)C(=O)Nc3ccc(NC(C)=O)cc3)c3ccccc3n2)cc1. The van der Waals surface area contributed by atoms with Crippen molar-refractivity contribution < 1.29 is 23.9 Å². The zero-order valence-electron chi connectivity index (χ0n) is 20.1. The summed E-state index contributed by atoms with van der Waals surface area (Å²) in [6.45, 7) is 2.92. The molecule has 2 amide bonds. The van der Waals surface area contributed by atoms with Crippen LogP contribution in [-0.4, -0.2) is 36.0 Å². The Kier molecular flexibility index (Phi) is 7.25. The molecule has 4 aromatic rings. The molecule has 36 heavy (non-hydrogen) atoms. The smallest absolute Gasteiger partial charge is 0.339 e. The average molecular weight is 484 g/mol. The summed E-state index contributed by atoms with van der Waals surface area (Å²) in [6, 6.07) is 22.9. The lowest BCUT2D eigenvalue weighted by molar-refractivity contribution is -0.123. The summed E-state index contributed by atoms with van der Waals surface area (Å²) in [5.74, 6) is -0.591. The topological polar surface area (TPSA) is 107 Å². The van der Waals surface area contributed by atoms with Gasteiger partial charge in [0.05, 0.1) is 23.9 Å². The molecule has 1 aromatic heterocycles. The van der Waals surface area contributed by atoms with Crippen LogP contribution in [0.25, 0.3) is 22.2 Å². The van der Waals surface area contributed by atoms with Crippen molar-refractivity contribution in [1.82, 2.24) is 4.98 Å². The van der Waals surface area contributed by atoms with Gasteiger partial charge in [0.25, 0.3) is 5.91 Å². The molecule has 4 rings (SSSR count). The summed E-state index contributed by atoms with van der Waals surface area (Å²) in [5.41, 5.74) is 3.47. The number of anilines is 2. The molecular formula is C28H25N3O5. The minimum atomic E-state index is -1.05. The highest BCUT2D eigenvalue weighted by Crippen LogP contribution is 2.27. The lowest BCUT2D eigenvalue weighted by atomic mass is 10.0. The van der Waals surface area contributed by atoms with Gasteiger partial charge < -0.3 is 20.1 Å². The minimum Gasteiger partial charge on any atom is -0.497 e. The lowest BCUT2D eigenvalue weighted by Gasteiger charge is -2.15. The molecule has 1 unspecified atom stereocenters. The number of amides is 2. The van der Waals surface area contributed by atoms with Crippen LogP contribution >= 0.6 is 0 Å². The number of para-hydroxylation sites is 1. The third-order valence-corrected chi connectivity index (χ3v) is 5.45. The van der Waals surface area contributed by atoms with Crippen molar-refractivity contribution in [3.05, 3.63) is 84.4 Å². The second-order valence-electron chi connectivity index (χ2n) is 8.10. The van der Waals surface area contributed by atoms with Crippen LogP contribution in [0.3, 0.4) is 0 Å². The molecule has 0 fully saturated rings. The van der Waals surface area contributed by atoms with E-state index >= 15 is 0 Å². The normalized spacial score (nSPS) is 11.4. The Morgan fingerprint density at radius 1 is 0.861 bits per heavy atom. The van der Waals surface area contributed by atoms with Crippen molar-refractivity contribution in [1.29, 1.82) is 0 Å². The predicted molar refractivity (Wildman–Crippen MR) is 138 cm³/mol. The molecule has 1 heterocycles. The van der Waals surface area contributed by atoms with Gasteiger partial charge >= 0.3 is 5.97 Å². The lowest BCUT2D eigenvalue weighted by Crippen LogP contribution is -2.30. The van der Waals surface area contributed by atoms with Gasteiger partial charge in [-0.05, 0) is 67.6 Å². The number of carbonyl (C=O) groups is 3. The molecule has 0 radical (unpaired) electrons. The van der Waals surface area contributed by atoms with Crippen molar-refractivity contribution in [2.24, 2.45) is 0 Å². The molecule has 3 aromatic carbocycles. The maximum atomic E-state index is 13.2. The molecule has 1 atom stereocenters. The quantitative estimate of drug-likeness (QED) is 0.356. The van der Waals surface area contributed by atoms with Gasteiger partial charge in [0.1, 0.15) is 5.75 Å². The van der Waals surface area contributed by atoms with E-state index < -0.39 is 18.0 Å². The molecular weight excluding hydrogens is 458 g/mol. The first-order valence-electron chi connectivity index (χ1n) is 11.3. The van der Waals surface area contributed by atoms with E-state index in [1.807, 2.05) is 42.5 Å². The van der Waals surface area contributed by atoms with Crippen LogP contribution in [0.4, 0.5) is 11.4 Å². The summed E-state index contributed by atoms with van der Waals surface area (Å²) in [7, 11) is 1.59. The molecule has 0 spiro atoms. The number of carbonyl (C=O) groups excluding carboxylic acids is 3. The highest BCUT2D eigenvalue weighted by molar-refractivity contribution is 6.06. The van der Waals surface area contributed by atoms with Crippen molar-refractivity contribution in [3.8, 4) is 17.0 Å². The Morgan fingerprint density at radius 2 is 1.50 bits per heavy atom. The summed E-state index contributed by atoms with van der Waals surface area (Å²) in [4.78, 5) is 41.7. The fourth-order valence-electron chi connectivity index (χ4n) is 3.62. The fraction of sp³-hybridized carbons (Fsp3) is 0.143. The number of hydrogen-bond acceptors (Lipinski definition) is 6. The number of methoxy groups -OCH3 is 1. The van der Waals surface area contributed by atoms with Gasteiger partial charge in [-0.1, -0.05) is 18.2 Å². The number of nitrogens with one attached hydrogen (secondary N) is 2. The van der Waals surface area contributed by atoms with Crippen molar-refractivity contribution in [3.63, 3.8) is 0 Å². The highest BCUT2D eigenvalue weighted by Gasteiger charge is 2.22. The van der Waals surface area contributed by atoms with Crippen molar-refractivity contribution in [2.45, 2.75) is 20.0 Å². The van der Waals surface area contributed by atoms with Crippen LogP contribution in [0.1, 0.15) is 24.2 Å². The number of benzene rings is 3. The van der Waals surface area contributed by atoms with Crippen molar-refractivity contribution in [2.75, 3.05) is 17.7 Å². The first-order valence-corrected chi connectivity index (χ1v) is 11.3. The Bertz CT molecular complexity index is 1420. The summed E-state index contributed by atoms with van der Waals surface area (Å²) in [6.07, 6.45) is -1.05. The molecule has 0 saturated heterocycles. The zero-order valence-corrected chi connectivity index (χ0v) is 20.1. The van der Waals surface area contributed by atoms with E-state index in [4.69, 9.17) is 9.47 Å². The molecule has 0 aliphatic carbocycles. The van der Waals surface area contributed by atoms with Crippen molar-refractivity contribution >= 4 is 40.1 Å². The number of pyridine rings is 1. The molecule has 0 aliphatic rings. The molecule has 0 saturated carbocycles. The number of aromatic nitrogens is 1. The Morgan fingerprint density at radius 3 is 2.14 bits per heavy atom. The highest BCUT2D eigenvalue weighted by atomic mass is 16.5. The van der Waals surface area contributed by atoms with Gasteiger partial charge in [0, 0.05) is 29.2 Å². The van der Waals surface area contributed by atoms with E-state index in [-0.39, 0.29) is 5.91 Å². The molecule has 8 heteroatoms. The summed E-state index contributed by atoms with van der Waals surface area (Å²) >= 11 is 0. The van der Waals surface area contributed by atoms with E-state index in [0.717, 1.165) is 5.56 Å². The zero-order chi connectivity index (χ0) is 25.7. The number of esters is 1. The molecule has 182 valence electrons. The minimum absolute atomic E-state index is 0.189. The Labute approximate surface area is 208 Å². The maximum Gasteiger partial charge on any atom is 0.339 e. The molecule has 0 aliphatic heterocycles. The van der Waals surface area contributed by atoms with Crippen LogP contribution < -0.4 is 15.4 Å². The number of fused-ring (bicyclic) bond motifs is 1. The Hall–Kier alpha value is -4.72. The van der Waals surface area contributed by atoms with E-state index in [1.54, 1.807) is 43.5 Å². The maximum absolute atomic E-state index is 13.2. The monoisotopic (exact) mass is 483 g/mol. The number of ether oxygens (including phenoxy) is 2. The first-order chi connectivity index (χ1) is 17.3. The second-order valence-corrected chi connectivity index (χ2v) is 8.10. The third kappa shape index (κ3) is 5.67. The van der Waals surface area contributed by atoms with Gasteiger partial charge in [0.15, 0.2) is 6.10 Å². The standard InChI is InChI=1S/C28H25N3O5/c1-17(27(33)30-21-12-10-20(11-13-21)29-18(2)32)36-28(34)24-16-26(19-8-14-22(35-3)15-9-19)31-25-7-5-4-6-23(24)25/h4-17H,1-3H3,(H,29,32)(H,30,33). The van der Waals surface area contributed by atoms with E-state index in [2.05, 4.69) is 15.6 Å². The van der Waals surface area contributed by atoms with Crippen LogP contribution in [0.5, 0.6) is 5.75 Å². The van der Waals surface area contributed by atoms with Gasteiger partial charge in [-0.3, -0.25) is 9.59 Å². The fourth-order valence-corrected chi connectivity index (χ4v) is 3.62. The van der Waals surface area contributed by atoms with Crippen LogP contribution in [-0.2, 0) is 14.3 Å². The summed E-state index contributed by atoms with van der Waals surface area (Å²) in [5, 5.41) is 5.99. The largest absolute Gasteiger partial charge is 0.497 e. The number of rotatable bonds is 7. The first kappa shape index (κ1) is 24.4. The van der Waals surface area contributed by atoms with E-state index in [0.29, 0.717) is 39.3 Å². The summed E-state index contributed by atoms with van der Waals surface area (Å²) < 4.78 is 10.7. The van der Waals surface area contributed by atoms with Gasteiger partial charge in [0.2, 0.25) is 5.91 Å². The Balaban J connectivity index is 1.53. The number of nitrogens with zero attached hydrogens (tertiary/aromatic N) is 1. The van der Waals surface area contributed by atoms with Gasteiger partial charge in [-0.15, -0.1) is 0 Å². The third-order valence-electron chi connectivity index (χ3n) is 5.45. The van der Waals surface area contributed by atoms with Crippen LogP contribution in [0, 0.1) is 0 Å². The second kappa shape index (κ2) is 10.7. The van der Waals surface area contributed by atoms with E-state index in [1.165, 1.54) is 13.8 Å². The molecule has 8 nitrogen and oxygen atoms in total.